The number of rotatable bonds is 4. The van der Waals surface area contributed by atoms with E-state index >= 15 is 0 Å². The number of halogens is 1. The van der Waals surface area contributed by atoms with Crippen LogP contribution in [-0.2, 0) is 11.3 Å². The Morgan fingerprint density at radius 1 is 1.15 bits per heavy atom. The van der Waals surface area contributed by atoms with Gasteiger partial charge >= 0.3 is 5.97 Å². The highest BCUT2D eigenvalue weighted by molar-refractivity contribution is 7.21. The van der Waals surface area contributed by atoms with Crippen molar-refractivity contribution in [3.05, 3.63) is 63.8 Å². The quantitative estimate of drug-likeness (QED) is 0.433. The molecule has 0 saturated carbocycles. The van der Waals surface area contributed by atoms with E-state index in [0.717, 1.165) is 10.1 Å². The minimum atomic E-state index is -0.482. The van der Waals surface area contributed by atoms with Gasteiger partial charge in [-0.05, 0) is 29.7 Å². The second kappa shape index (κ2) is 7.21. The van der Waals surface area contributed by atoms with Gasteiger partial charge in [0.1, 0.15) is 10.4 Å². The van der Waals surface area contributed by atoms with Crippen LogP contribution in [0.1, 0.15) is 40.8 Å². The first kappa shape index (κ1) is 17.8. The van der Waals surface area contributed by atoms with Crippen molar-refractivity contribution in [3.8, 4) is 0 Å². The number of carbonyl (C=O) groups excluding carboxylic acids is 1. The summed E-state index contributed by atoms with van der Waals surface area (Å²) in [6.07, 6.45) is 0. The number of aromatic nitrogens is 3. The molecule has 0 radical (unpaired) electrons. The first-order valence-corrected chi connectivity index (χ1v) is 9.70. The molecule has 0 fully saturated rings. The average molecular weight is 398 g/mol. The van der Waals surface area contributed by atoms with Crippen molar-refractivity contribution >= 4 is 50.0 Å². The Balaban J connectivity index is 1.56. The number of benzene rings is 2. The third kappa shape index (κ3) is 3.50. The Labute approximate surface area is 165 Å². The molecule has 4 rings (SSSR count). The fraction of sp³-hybridized carbons (Fsp3) is 0.200. The summed E-state index contributed by atoms with van der Waals surface area (Å²) in [6, 6.07) is 13.5. The number of para-hydroxylation sites is 1. The lowest BCUT2D eigenvalue weighted by Crippen LogP contribution is -2.07. The van der Waals surface area contributed by atoms with Crippen molar-refractivity contribution in [2.45, 2.75) is 26.4 Å². The Kier molecular flexibility index (Phi) is 4.76. The Morgan fingerprint density at radius 2 is 1.93 bits per heavy atom. The van der Waals surface area contributed by atoms with Gasteiger partial charge in [0, 0.05) is 10.1 Å². The molecule has 0 bridgehead atoms. The van der Waals surface area contributed by atoms with Crippen LogP contribution in [0.2, 0.25) is 5.02 Å². The Hall–Kier alpha value is -2.57. The predicted octanol–water partition coefficient (Wildman–Crippen LogP) is 5.37. The van der Waals surface area contributed by atoms with E-state index in [1.807, 2.05) is 36.4 Å². The normalized spacial score (nSPS) is 11.4. The van der Waals surface area contributed by atoms with E-state index in [9.17, 15) is 4.79 Å². The van der Waals surface area contributed by atoms with Crippen molar-refractivity contribution < 1.29 is 9.53 Å². The number of hydrogen-bond acceptors (Lipinski definition) is 6. The third-order valence-corrected chi connectivity index (χ3v) is 5.88. The second-order valence-corrected chi connectivity index (χ2v) is 7.88. The minimum absolute atomic E-state index is 0.0571. The molecule has 0 aliphatic rings. The smallest absolute Gasteiger partial charge is 0.350 e. The van der Waals surface area contributed by atoms with Gasteiger partial charge in [0.15, 0.2) is 12.4 Å². The maximum Gasteiger partial charge on any atom is 0.350 e. The number of fused-ring (bicyclic) bond motifs is 2. The van der Waals surface area contributed by atoms with Gasteiger partial charge in [-0.1, -0.05) is 49.7 Å². The van der Waals surface area contributed by atoms with Crippen LogP contribution in [0.4, 0.5) is 0 Å². The summed E-state index contributed by atoms with van der Waals surface area (Å²) < 4.78 is 6.35. The van der Waals surface area contributed by atoms with Gasteiger partial charge in [0.2, 0.25) is 0 Å². The highest BCUT2D eigenvalue weighted by Crippen LogP contribution is 2.37. The lowest BCUT2D eigenvalue weighted by atomic mass is 10.0. The fourth-order valence-corrected chi connectivity index (χ4v) is 4.20. The number of hydrogen-bond donors (Lipinski definition) is 0. The van der Waals surface area contributed by atoms with Gasteiger partial charge in [0.25, 0.3) is 0 Å². The number of thiophene rings is 1. The first-order chi connectivity index (χ1) is 13.0. The molecule has 2 heterocycles. The van der Waals surface area contributed by atoms with Gasteiger partial charge in [-0.2, -0.15) is 0 Å². The summed E-state index contributed by atoms with van der Waals surface area (Å²) >= 11 is 7.75. The molecule has 0 aliphatic carbocycles. The maximum atomic E-state index is 12.5. The molecule has 0 N–H and O–H groups in total. The van der Waals surface area contributed by atoms with E-state index in [1.165, 1.54) is 16.9 Å². The van der Waals surface area contributed by atoms with Crippen molar-refractivity contribution in [2.24, 2.45) is 0 Å². The molecule has 5 nitrogen and oxygen atoms in total. The van der Waals surface area contributed by atoms with Crippen molar-refractivity contribution in [1.82, 2.24) is 15.2 Å². The number of nitrogens with zero attached hydrogens (tertiary/aromatic N) is 3. The zero-order valence-corrected chi connectivity index (χ0v) is 16.3. The van der Waals surface area contributed by atoms with Crippen molar-refractivity contribution in [3.63, 3.8) is 0 Å². The molecule has 2 aromatic heterocycles. The van der Waals surface area contributed by atoms with Crippen molar-refractivity contribution in [1.29, 1.82) is 0 Å². The molecule has 7 heteroatoms. The second-order valence-electron chi connectivity index (χ2n) is 6.45. The van der Waals surface area contributed by atoms with Crippen molar-refractivity contribution in [2.75, 3.05) is 0 Å². The highest BCUT2D eigenvalue weighted by Gasteiger charge is 2.19. The molecule has 0 saturated heterocycles. The van der Waals surface area contributed by atoms with Crippen LogP contribution in [0.3, 0.4) is 0 Å². The SMILES string of the molecule is CC(C)c1ccc2c(Cl)c(C(=O)OCc3nnc4ccccc4n3)sc2c1. The molecular weight excluding hydrogens is 382 g/mol. The lowest BCUT2D eigenvalue weighted by molar-refractivity contribution is 0.0467. The molecule has 4 aromatic rings. The monoisotopic (exact) mass is 397 g/mol. The molecule has 0 atom stereocenters. The van der Waals surface area contributed by atoms with Crippen LogP contribution in [0, 0.1) is 0 Å². The number of ether oxygens (including phenoxy) is 1. The van der Waals surface area contributed by atoms with Crippen LogP contribution in [0.5, 0.6) is 0 Å². The molecule has 136 valence electrons. The molecule has 2 aromatic carbocycles. The van der Waals surface area contributed by atoms with E-state index in [2.05, 4.69) is 35.1 Å². The van der Waals surface area contributed by atoms with E-state index < -0.39 is 5.97 Å². The van der Waals surface area contributed by atoms with Gasteiger partial charge in [-0.25, -0.2) is 9.78 Å². The van der Waals surface area contributed by atoms with Gasteiger partial charge < -0.3 is 4.74 Å². The topological polar surface area (TPSA) is 65.0 Å². The molecule has 0 unspecified atom stereocenters. The van der Waals surface area contributed by atoms with E-state index in [1.54, 1.807) is 0 Å². The van der Waals surface area contributed by atoms with E-state index in [0.29, 0.717) is 32.7 Å². The number of carbonyl (C=O) groups is 1. The van der Waals surface area contributed by atoms with Gasteiger partial charge in [-0.15, -0.1) is 21.5 Å². The molecule has 0 aliphatic heterocycles. The van der Waals surface area contributed by atoms with E-state index in [-0.39, 0.29) is 6.61 Å². The molecule has 0 spiro atoms. The first-order valence-electron chi connectivity index (χ1n) is 8.50. The molecular formula is C20H16ClN3O2S. The number of esters is 1. The summed E-state index contributed by atoms with van der Waals surface area (Å²) in [5.74, 6) is 0.272. The predicted molar refractivity (Wildman–Crippen MR) is 107 cm³/mol. The highest BCUT2D eigenvalue weighted by atomic mass is 35.5. The van der Waals surface area contributed by atoms with Crippen LogP contribution in [0.25, 0.3) is 21.1 Å². The zero-order valence-electron chi connectivity index (χ0n) is 14.8. The molecule has 0 amide bonds. The maximum absolute atomic E-state index is 12.5. The standard InChI is InChI=1S/C20H16ClN3O2S/c1-11(2)12-7-8-13-16(9-12)27-19(18(13)21)20(25)26-10-17-22-14-5-3-4-6-15(14)23-24-17/h3-9,11H,10H2,1-2H3. The minimum Gasteiger partial charge on any atom is -0.453 e. The third-order valence-electron chi connectivity index (χ3n) is 4.24. The van der Waals surface area contributed by atoms with Gasteiger partial charge in [0.05, 0.1) is 10.5 Å². The lowest BCUT2D eigenvalue weighted by Gasteiger charge is -2.04. The average Bonchev–Trinajstić information content (AvgIpc) is 3.02. The summed E-state index contributed by atoms with van der Waals surface area (Å²) in [4.78, 5) is 17.3. The molecule has 27 heavy (non-hydrogen) atoms. The van der Waals surface area contributed by atoms with Crippen LogP contribution in [-0.4, -0.2) is 21.2 Å². The Morgan fingerprint density at radius 3 is 2.70 bits per heavy atom. The van der Waals surface area contributed by atoms with Crippen LogP contribution in [0.15, 0.2) is 42.5 Å². The largest absolute Gasteiger partial charge is 0.453 e. The Bertz CT molecular complexity index is 1160. The van der Waals surface area contributed by atoms with Crippen LogP contribution >= 0.6 is 22.9 Å². The van der Waals surface area contributed by atoms with E-state index in [4.69, 9.17) is 16.3 Å². The van der Waals surface area contributed by atoms with Crippen LogP contribution < -0.4 is 0 Å². The van der Waals surface area contributed by atoms with Gasteiger partial charge in [-0.3, -0.25) is 0 Å². The zero-order chi connectivity index (χ0) is 19.0. The fourth-order valence-electron chi connectivity index (χ4n) is 2.75. The summed E-state index contributed by atoms with van der Waals surface area (Å²) in [6.45, 7) is 4.20. The summed E-state index contributed by atoms with van der Waals surface area (Å²) in [5, 5.41) is 9.37. The summed E-state index contributed by atoms with van der Waals surface area (Å²) in [7, 11) is 0. The summed E-state index contributed by atoms with van der Waals surface area (Å²) in [5.41, 5.74) is 2.61.